The molecule has 0 spiro atoms. The van der Waals surface area contributed by atoms with E-state index in [1.54, 1.807) is 0 Å². The second kappa shape index (κ2) is 7.97. The van der Waals surface area contributed by atoms with Gasteiger partial charge in [-0.3, -0.25) is 14.9 Å². The van der Waals surface area contributed by atoms with Crippen LogP contribution in [0.3, 0.4) is 0 Å². The van der Waals surface area contributed by atoms with Gasteiger partial charge in [-0.15, -0.1) is 0 Å². The molecule has 1 aromatic heterocycles. The van der Waals surface area contributed by atoms with Crippen LogP contribution in [0.4, 0.5) is 0 Å². The average Bonchev–Trinajstić information content (AvgIpc) is 3.14. The molecule has 29 heavy (non-hydrogen) atoms. The summed E-state index contributed by atoms with van der Waals surface area (Å²) in [4.78, 5) is 12.3. The van der Waals surface area contributed by atoms with E-state index in [1.165, 1.54) is 5.56 Å². The minimum atomic E-state index is 0.0132. The van der Waals surface area contributed by atoms with Crippen LogP contribution in [0.2, 0.25) is 0 Å². The summed E-state index contributed by atoms with van der Waals surface area (Å²) < 4.78 is 1.88. The van der Waals surface area contributed by atoms with Gasteiger partial charge in [-0.05, 0) is 55.2 Å². The van der Waals surface area contributed by atoms with Crippen molar-refractivity contribution in [3.05, 3.63) is 41.1 Å². The first kappa shape index (κ1) is 19.6. The van der Waals surface area contributed by atoms with Crippen LogP contribution >= 0.6 is 0 Å². The second-order valence-corrected chi connectivity index (χ2v) is 8.17. The molecule has 1 aliphatic carbocycles. The Hall–Kier alpha value is -2.69. The van der Waals surface area contributed by atoms with Crippen LogP contribution in [0, 0.1) is 23.2 Å². The maximum absolute atomic E-state index is 12.3. The smallest absolute Gasteiger partial charge is 0.237 e. The second-order valence-electron chi connectivity index (χ2n) is 8.17. The van der Waals surface area contributed by atoms with Crippen molar-refractivity contribution < 1.29 is 4.79 Å². The van der Waals surface area contributed by atoms with Crippen molar-refractivity contribution in [1.82, 2.24) is 20.6 Å². The third kappa shape index (κ3) is 3.43. The van der Waals surface area contributed by atoms with Crippen molar-refractivity contribution in [3.8, 4) is 17.3 Å². The summed E-state index contributed by atoms with van der Waals surface area (Å²) >= 11 is 0. The quantitative estimate of drug-likeness (QED) is 0.737. The fourth-order valence-electron chi connectivity index (χ4n) is 5.04. The SMILES string of the molecule is CCc1ccc(C#N)c(-c2c(C3CCC4C(=O)NNC(CN)C4C3)cnn2C)c1. The molecule has 1 saturated carbocycles. The number of nitriles is 1. The van der Waals surface area contributed by atoms with E-state index >= 15 is 0 Å². The Balaban J connectivity index is 1.72. The lowest BCUT2D eigenvalue weighted by Crippen LogP contribution is -2.62. The summed E-state index contributed by atoms with van der Waals surface area (Å²) in [6, 6.07) is 8.46. The summed E-state index contributed by atoms with van der Waals surface area (Å²) in [7, 11) is 1.93. The summed E-state index contributed by atoms with van der Waals surface area (Å²) in [6.45, 7) is 2.61. The first-order valence-electron chi connectivity index (χ1n) is 10.4. The molecule has 1 aromatic carbocycles. The van der Waals surface area contributed by atoms with Gasteiger partial charge in [0.2, 0.25) is 5.91 Å². The fraction of sp³-hybridized carbons (Fsp3) is 0.500. The Morgan fingerprint density at radius 2 is 2.21 bits per heavy atom. The normalized spacial score (nSPS) is 26.5. The number of fused-ring (bicyclic) bond motifs is 1. The third-order valence-corrected chi connectivity index (χ3v) is 6.66. The zero-order chi connectivity index (χ0) is 20.5. The summed E-state index contributed by atoms with van der Waals surface area (Å²) in [6.07, 6.45) is 5.51. The number of hydrogen-bond donors (Lipinski definition) is 3. The third-order valence-electron chi connectivity index (χ3n) is 6.66. The van der Waals surface area contributed by atoms with Crippen LogP contribution in [0.1, 0.15) is 48.8 Å². The van der Waals surface area contributed by atoms with Crippen LogP contribution in [0.5, 0.6) is 0 Å². The number of carbonyl (C=O) groups is 1. The van der Waals surface area contributed by atoms with Gasteiger partial charge in [0.25, 0.3) is 0 Å². The monoisotopic (exact) mass is 392 g/mol. The van der Waals surface area contributed by atoms with Crippen LogP contribution in [-0.4, -0.2) is 28.3 Å². The van der Waals surface area contributed by atoms with Crippen molar-refractivity contribution in [3.63, 3.8) is 0 Å². The fourth-order valence-corrected chi connectivity index (χ4v) is 5.04. The van der Waals surface area contributed by atoms with Crippen molar-refractivity contribution in [1.29, 1.82) is 5.26 Å². The van der Waals surface area contributed by atoms with Crippen molar-refractivity contribution >= 4 is 5.91 Å². The van der Waals surface area contributed by atoms with Gasteiger partial charge >= 0.3 is 0 Å². The van der Waals surface area contributed by atoms with E-state index in [2.05, 4.69) is 35.0 Å². The van der Waals surface area contributed by atoms with Crippen LogP contribution in [0.15, 0.2) is 24.4 Å². The zero-order valence-corrected chi connectivity index (χ0v) is 17.0. The molecular weight excluding hydrogens is 364 g/mol. The summed E-state index contributed by atoms with van der Waals surface area (Å²) in [5.74, 6) is 0.586. The number of nitrogens with two attached hydrogens (primary N) is 1. The van der Waals surface area contributed by atoms with E-state index in [0.717, 1.165) is 42.5 Å². The highest BCUT2D eigenvalue weighted by Crippen LogP contribution is 2.45. The van der Waals surface area contributed by atoms with Gasteiger partial charge in [0.05, 0.1) is 23.5 Å². The van der Waals surface area contributed by atoms with E-state index < -0.39 is 0 Å². The highest BCUT2D eigenvalue weighted by Gasteiger charge is 2.43. The predicted octanol–water partition coefficient (Wildman–Crippen LogP) is 1.98. The number of hydrogen-bond acceptors (Lipinski definition) is 5. The highest BCUT2D eigenvalue weighted by atomic mass is 16.2. The van der Waals surface area contributed by atoms with Gasteiger partial charge in [-0.25, -0.2) is 5.43 Å². The first-order valence-corrected chi connectivity index (χ1v) is 10.4. The van der Waals surface area contributed by atoms with E-state index in [-0.39, 0.29) is 23.8 Å². The molecule has 2 aromatic rings. The zero-order valence-electron chi connectivity index (χ0n) is 17.0. The van der Waals surface area contributed by atoms with Crippen molar-refractivity contribution in [2.75, 3.05) is 6.54 Å². The number of nitrogens with zero attached hydrogens (tertiary/aromatic N) is 3. The van der Waals surface area contributed by atoms with Crippen LogP contribution < -0.4 is 16.6 Å². The van der Waals surface area contributed by atoms with Crippen molar-refractivity contribution in [2.45, 2.75) is 44.6 Å². The molecule has 0 bridgehead atoms. The molecule has 1 saturated heterocycles. The van der Waals surface area contributed by atoms with Gasteiger partial charge in [0, 0.05) is 36.7 Å². The lowest BCUT2D eigenvalue weighted by molar-refractivity contribution is -0.133. The van der Waals surface area contributed by atoms with Crippen LogP contribution in [-0.2, 0) is 18.3 Å². The van der Waals surface area contributed by atoms with Gasteiger partial charge in [-0.2, -0.15) is 10.4 Å². The standard InChI is InChI=1S/C22H28N6O/c1-3-13-4-5-15(10-23)17(8-13)21-19(12-25-28(21)2)14-6-7-16-18(9-14)20(11-24)26-27-22(16)29/h4-5,8,12,14,16,18,20,26H,3,6-7,9,11,24H2,1-2H3,(H,27,29). The molecule has 0 radical (unpaired) electrons. The molecule has 1 aliphatic heterocycles. The Labute approximate surface area is 171 Å². The molecule has 152 valence electrons. The van der Waals surface area contributed by atoms with Gasteiger partial charge < -0.3 is 5.73 Å². The number of hydrazine groups is 1. The number of rotatable bonds is 4. The molecule has 2 heterocycles. The minimum absolute atomic E-state index is 0.0132. The number of aryl methyl sites for hydroxylation is 2. The number of benzene rings is 1. The molecule has 1 amide bonds. The van der Waals surface area contributed by atoms with Gasteiger partial charge in [0.15, 0.2) is 0 Å². The molecule has 2 fully saturated rings. The molecular formula is C22H28N6O. The average molecular weight is 393 g/mol. The predicted molar refractivity (Wildman–Crippen MR) is 110 cm³/mol. The number of nitrogens with one attached hydrogen (secondary N) is 2. The summed E-state index contributed by atoms with van der Waals surface area (Å²) in [5.41, 5.74) is 16.8. The molecule has 4 rings (SSSR count). The molecule has 2 aliphatic rings. The lowest BCUT2D eigenvalue weighted by atomic mass is 9.68. The van der Waals surface area contributed by atoms with Gasteiger partial charge in [-0.1, -0.05) is 13.0 Å². The topological polar surface area (TPSA) is 109 Å². The van der Waals surface area contributed by atoms with E-state index in [4.69, 9.17) is 5.73 Å². The van der Waals surface area contributed by atoms with E-state index in [9.17, 15) is 10.1 Å². The Morgan fingerprint density at radius 1 is 1.38 bits per heavy atom. The van der Waals surface area contributed by atoms with E-state index in [1.807, 2.05) is 30.1 Å². The molecule has 7 nitrogen and oxygen atoms in total. The van der Waals surface area contributed by atoms with E-state index in [0.29, 0.717) is 18.0 Å². The van der Waals surface area contributed by atoms with Gasteiger partial charge in [0.1, 0.15) is 0 Å². The Kier molecular flexibility index (Phi) is 5.39. The Bertz CT molecular complexity index is 959. The Morgan fingerprint density at radius 3 is 2.93 bits per heavy atom. The maximum atomic E-state index is 12.3. The molecule has 7 heteroatoms. The maximum Gasteiger partial charge on any atom is 0.237 e. The first-order chi connectivity index (χ1) is 14.1. The lowest BCUT2D eigenvalue weighted by Gasteiger charge is -2.43. The minimum Gasteiger partial charge on any atom is -0.329 e. The largest absolute Gasteiger partial charge is 0.329 e. The number of carbonyl (C=O) groups excluding carboxylic acids is 1. The highest BCUT2D eigenvalue weighted by molar-refractivity contribution is 5.79. The molecule has 4 atom stereocenters. The summed E-state index contributed by atoms with van der Waals surface area (Å²) in [5, 5.41) is 14.2. The van der Waals surface area contributed by atoms with Crippen LogP contribution in [0.25, 0.3) is 11.3 Å². The molecule has 4 unspecified atom stereocenters. The number of amides is 1. The molecule has 4 N–H and O–H groups in total. The van der Waals surface area contributed by atoms with Crippen molar-refractivity contribution in [2.24, 2.45) is 24.6 Å². The number of aromatic nitrogens is 2.